The number of hydrogen-bond acceptors (Lipinski definition) is 2. The maximum atomic E-state index is 8.88. The normalized spacial score (nSPS) is 32.9. The van der Waals surface area contributed by atoms with E-state index in [1.165, 1.54) is 5.57 Å². The highest BCUT2D eigenvalue weighted by molar-refractivity contribution is 5.00. The van der Waals surface area contributed by atoms with Crippen molar-refractivity contribution >= 4 is 0 Å². The van der Waals surface area contributed by atoms with Crippen molar-refractivity contribution in [2.75, 3.05) is 6.61 Å². The molecular weight excluding hydrogens is 128 g/mol. The van der Waals surface area contributed by atoms with Gasteiger partial charge in [-0.3, -0.25) is 0 Å². The zero-order chi connectivity index (χ0) is 7.61. The first-order valence-corrected chi connectivity index (χ1v) is 3.61. The molecule has 0 aromatic carbocycles. The fourth-order valence-corrected chi connectivity index (χ4v) is 0.939. The zero-order valence-electron chi connectivity index (χ0n) is 6.55. The Morgan fingerprint density at radius 3 is 2.90 bits per heavy atom. The predicted molar refractivity (Wildman–Crippen MR) is 39.6 cm³/mol. The van der Waals surface area contributed by atoms with Crippen LogP contribution in [0.3, 0.4) is 0 Å². The van der Waals surface area contributed by atoms with Crippen molar-refractivity contribution < 1.29 is 9.84 Å². The number of allylic oxidation sites excluding steroid dienone is 1. The molecule has 0 saturated carbocycles. The van der Waals surface area contributed by atoms with Crippen molar-refractivity contribution in [3.63, 3.8) is 0 Å². The zero-order valence-corrected chi connectivity index (χ0v) is 6.55. The molecule has 1 aliphatic heterocycles. The molecule has 1 aliphatic rings. The number of aliphatic hydroxyl groups excluding tert-OH is 1. The third kappa shape index (κ3) is 1.51. The molecule has 1 N–H and O–H groups in total. The van der Waals surface area contributed by atoms with E-state index in [0.29, 0.717) is 0 Å². The van der Waals surface area contributed by atoms with Gasteiger partial charge < -0.3 is 9.84 Å². The Morgan fingerprint density at radius 1 is 1.80 bits per heavy atom. The monoisotopic (exact) mass is 142 g/mol. The van der Waals surface area contributed by atoms with E-state index in [1.54, 1.807) is 6.26 Å². The van der Waals surface area contributed by atoms with E-state index in [-0.39, 0.29) is 12.2 Å². The Labute approximate surface area is 61.5 Å². The van der Waals surface area contributed by atoms with Crippen LogP contribution in [0, 0.1) is 0 Å². The predicted octanol–water partition coefficient (Wildman–Crippen LogP) is 1.45. The lowest BCUT2D eigenvalue weighted by Crippen LogP contribution is -2.33. The fraction of sp³-hybridized carbons (Fsp3) is 0.750. The van der Waals surface area contributed by atoms with Gasteiger partial charge in [-0.05, 0) is 32.3 Å². The van der Waals surface area contributed by atoms with E-state index in [1.807, 2.05) is 13.8 Å². The minimum atomic E-state index is -0.320. The molecule has 0 unspecified atom stereocenters. The van der Waals surface area contributed by atoms with Gasteiger partial charge in [-0.1, -0.05) is 0 Å². The van der Waals surface area contributed by atoms with E-state index in [0.717, 1.165) is 12.8 Å². The quantitative estimate of drug-likeness (QED) is 0.600. The summed E-state index contributed by atoms with van der Waals surface area (Å²) in [6.45, 7) is 4.07. The van der Waals surface area contributed by atoms with Crippen molar-refractivity contribution in [3.8, 4) is 0 Å². The van der Waals surface area contributed by atoms with Gasteiger partial charge in [-0.15, -0.1) is 0 Å². The van der Waals surface area contributed by atoms with Crippen LogP contribution in [0.1, 0.15) is 26.7 Å². The summed E-state index contributed by atoms with van der Waals surface area (Å²) in [6, 6.07) is 0. The Hall–Kier alpha value is -0.500. The van der Waals surface area contributed by atoms with Gasteiger partial charge in [0, 0.05) is 0 Å². The van der Waals surface area contributed by atoms with E-state index in [9.17, 15) is 0 Å². The van der Waals surface area contributed by atoms with E-state index >= 15 is 0 Å². The van der Waals surface area contributed by atoms with Gasteiger partial charge in [0.15, 0.2) is 0 Å². The third-order valence-electron chi connectivity index (χ3n) is 1.93. The molecule has 1 rings (SSSR count). The second kappa shape index (κ2) is 2.62. The van der Waals surface area contributed by atoms with Crippen LogP contribution in [0.15, 0.2) is 11.8 Å². The molecule has 2 heteroatoms. The Morgan fingerprint density at radius 2 is 2.50 bits per heavy atom. The maximum Gasteiger partial charge on any atom is 0.129 e. The molecule has 0 amide bonds. The summed E-state index contributed by atoms with van der Waals surface area (Å²) in [5.74, 6) is 0. The van der Waals surface area contributed by atoms with E-state index in [2.05, 4.69) is 0 Å². The van der Waals surface area contributed by atoms with Crippen LogP contribution in [0.4, 0.5) is 0 Å². The topological polar surface area (TPSA) is 29.5 Å². The highest BCUT2D eigenvalue weighted by Crippen LogP contribution is 2.25. The number of rotatable bonds is 1. The second-order valence-corrected chi connectivity index (χ2v) is 3.19. The SMILES string of the molecule is CC1=CO[C@@](C)(CO)CC1. The maximum absolute atomic E-state index is 8.88. The average Bonchev–Trinajstić information content (AvgIpc) is 1.96. The van der Waals surface area contributed by atoms with Gasteiger partial charge in [0.05, 0.1) is 12.9 Å². The summed E-state index contributed by atoms with van der Waals surface area (Å²) in [7, 11) is 0. The minimum Gasteiger partial charge on any atom is -0.493 e. The van der Waals surface area contributed by atoms with Gasteiger partial charge >= 0.3 is 0 Å². The van der Waals surface area contributed by atoms with Gasteiger partial charge in [0.1, 0.15) is 5.60 Å². The summed E-state index contributed by atoms with van der Waals surface area (Å²) in [5.41, 5.74) is 0.936. The number of hydrogen-bond donors (Lipinski definition) is 1. The first-order chi connectivity index (χ1) is 4.66. The number of aliphatic hydroxyl groups is 1. The standard InChI is InChI=1S/C8H14O2/c1-7-3-4-8(2,6-9)10-5-7/h5,9H,3-4,6H2,1-2H3/t8-/m1/s1. The van der Waals surface area contributed by atoms with Crippen LogP contribution >= 0.6 is 0 Å². The van der Waals surface area contributed by atoms with Crippen LogP contribution in [0.2, 0.25) is 0 Å². The first-order valence-electron chi connectivity index (χ1n) is 3.61. The molecule has 0 saturated heterocycles. The Kier molecular flexibility index (Phi) is 2.00. The molecule has 0 spiro atoms. The van der Waals surface area contributed by atoms with Crippen molar-refractivity contribution in [1.29, 1.82) is 0 Å². The van der Waals surface area contributed by atoms with Crippen LogP contribution in [-0.2, 0) is 4.74 Å². The molecule has 58 valence electrons. The largest absolute Gasteiger partial charge is 0.493 e. The lowest BCUT2D eigenvalue weighted by atomic mass is 9.96. The van der Waals surface area contributed by atoms with E-state index in [4.69, 9.17) is 9.84 Å². The highest BCUT2D eigenvalue weighted by Gasteiger charge is 2.26. The molecule has 1 heterocycles. The summed E-state index contributed by atoms with van der Waals surface area (Å²) < 4.78 is 5.31. The van der Waals surface area contributed by atoms with Gasteiger partial charge in [0.2, 0.25) is 0 Å². The number of ether oxygens (including phenoxy) is 1. The summed E-state index contributed by atoms with van der Waals surface area (Å²) in [6.07, 6.45) is 3.71. The summed E-state index contributed by atoms with van der Waals surface area (Å²) in [4.78, 5) is 0. The second-order valence-electron chi connectivity index (χ2n) is 3.19. The third-order valence-corrected chi connectivity index (χ3v) is 1.93. The van der Waals surface area contributed by atoms with E-state index < -0.39 is 0 Å². The van der Waals surface area contributed by atoms with Gasteiger partial charge in [0.25, 0.3) is 0 Å². The Bertz CT molecular complexity index is 151. The van der Waals surface area contributed by atoms with Crippen molar-refractivity contribution in [3.05, 3.63) is 11.8 Å². The molecule has 0 bridgehead atoms. The van der Waals surface area contributed by atoms with Crippen LogP contribution in [0.5, 0.6) is 0 Å². The van der Waals surface area contributed by atoms with Crippen LogP contribution in [0.25, 0.3) is 0 Å². The molecular formula is C8H14O2. The molecule has 0 fully saturated rings. The van der Waals surface area contributed by atoms with Gasteiger partial charge in [-0.2, -0.15) is 0 Å². The van der Waals surface area contributed by atoms with Crippen molar-refractivity contribution in [1.82, 2.24) is 0 Å². The molecule has 0 radical (unpaired) electrons. The summed E-state index contributed by atoms with van der Waals surface area (Å²) >= 11 is 0. The van der Waals surface area contributed by atoms with Crippen LogP contribution < -0.4 is 0 Å². The Balaban J connectivity index is 2.56. The fourth-order valence-electron chi connectivity index (χ4n) is 0.939. The van der Waals surface area contributed by atoms with Crippen molar-refractivity contribution in [2.45, 2.75) is 32.3 Å². The summed E-state index contributed by atoms with van der Waals surface area (Å²) in [5, 5.41) is 8.88. The minimum absolute atomic E-state index is 0.108. The van der Waals surface area contributed by atoms with Crippen molar-refractivity contribution in [2.24, 2.45) is 0 Å². The molecule has 0 aliphatic carbocycles. The highest BCUT2D eigenvalue weighted by atomic mass is 16.5. The molecule has 2 nitrogen and oxygen atoms in total. The molecule has 10 heavy (non-hydrogen) atoms. The lowest BCUT2D eigenvalue weighted by molar-refractivity contribution is -0.0278. The molecule has 0 aromatic heterocycles. The first kappa shape index (κ1) is 7.61. The molecule has 0 aromatic rings. The molecule has 1 atom stereocenters. The van der Waals surface area contributed by atoms with Crippen LogP contribution in [-0.4, -0.2) is 17.3 Å². The average molecular weight is 142 g/mol. The lowest BCUT2D eigenvalue weighted by Gasteiger charge is -2.30. The smallest absolute Gasteiger partial charge is 0.129 e. The van der Waals surface area contributed by atoms with Gasteiger partial charge in [-0.25, -0.2) is 0 Å².